The number of para-hydroxylation sites is 8. The van der Waals surface area contributed by atoms with Crippen LogP contribution < -0.4 is 52.1 Å². The van der Waals surface area contributed by atoms with Crippen molar-refractivity contribution in [2.75, 3.05) is 9.80 Å². The van der Waals surface area contributed by atoms with Gasteiger partial charge >= 0.3 is 0 Å². The van der Waals surface area contributed by atoms with Gasteiger partial charge in [0.2, 0.25) is 0 Å². The van der Waals surface area contributed by atoms with E-state index in [0.29, 0.717) is 0 Å². The van der Waals surface area contributed by atoms with E-state index in [9.17, 15) is 0 Å². The first-order valence-electron chi connectivity index (χ1n) is 25.5. The van der Waals surface area contributed by atoms with Crippen molar-refractivity contribution in [3.63, 3.8) is 0 Å². The molecule has 6 heterocycles. The molecule has 2 aromatic heterocycles. The van der Waals surface area contributed by atoms with Gasteiger partial charge in [-0.3, -0.25) is 0 Å². The maximum atomic E-state index is 7.48. The summed E-state index contributed by atoms with van der Waals surface area (Å²) in [5.41, 5.74) is 20.5. The Bertz CT molecular complexity index is 4230. The second-order valence-electron chi connectivity index (χ2n) is 19.9. The van der Waals surface area contributed by atoms with E-state index in [1.54, 1.807) is 0 Å². The summed E-state index contributed by atoms with van der Waals surface area (Å²) in [4.78, 5) is 4.97. The van der Waals surface area contributed by atoms with Crippen molar-refractivity contribution in [3.05, 3.63) is 243 Å². The van der Waals surface area contributed by atoms with Gasteiger partial charge in [-0.15, -0.1) is 0 Å². The summed E-state index contributed by atoms with van der Waals surface area (Å²) < 4.78 is 19.8. The van der Waals surface area contributed by atoms with E-state index in [4.69, 9.17) is 9.47 Å². The SMILES string of the molecule is c1ccc(N2c3ccccc3B3c4cc5c(cc4Oc4cc6c(c2c43)c2ccccc2n6-c2ccccc2)Oc2cc3c(c4c2B5c2ccccc2N4c2ccccc2)c2ccccc2n3-c2ccccc2)cc1. The summed E-state index contributed by atoms with van der Waals surface area (Å²) in [7, 11) is 0. The van der Waals surface area contributed by atoms with Gasteiger partial charge in [0.1, 0.15) is 23.0 Å². The Morgan fingerprint density at radius 2 is 0.649 bits per heavy atom. The van der Waals surface area contributed by atoms with Gasteiger partial charge in [0, 0.05) is 73.9 Å². The number of ether oxygens (including phenoxy) is 2. The molecular formula is C66H40B2N4O2. The molecule has 17 rings (SSSR count). The average Bonchev–Trinajstić information content (AvgIpc) is 3.98. The number of hydrogen-bond donors (Lipinski definition) is 0. The molecule has 11 aromatic carbocycles. The average molecular weight is 943 g/mol. The highest BCUT2D eigenvalue weighted by molar-refractivity contribution is 7.02. The van der Waals surface area contributed by atoms with Crippen molar-refractivity contribution >= 4 is 124 Å². The van der Waals surface area contributed by atoms with Gasteiger partial charge in [-0.05, 0) is 106 Å². The van der Waals surface area contributed by atoms with Crippen LogP contribution in [0.3, 0.4) is 0 Å². The Hall–Kier alpha value is -9.65. The summed E-state index contributed by atoms with van der Waals surface area (Å²) in [5.74, 6) is 3.29. The smallest absolute Gasteiger partial charge is 0.256 e. The van der Waals surface area contributed by atoms with Crippen LogP contribution >= 0.6 is 0 Å². The minimum Gasteiger partial charge on any atom is -0.458 e. The van der Waals surface area contributed by atoms with E-state index in [1.165, 1.54) is 32.5 Å². The number of rotatable bonds is 4. The van der Waals surface area contributed by atoms with E-state index >= 15 is 0 Å². The van der Waals surface area contributed by atoms with Crippen molar-refractivity contribution < 1.29 is 9.47 Å². The number of aromatic nitrogens is 2. The molecule has 0 saturated carbocycles. The Kier molecular flexibility index (Phi) is 8.08. The van der Waals surface area contributed by atoms with Crippen LogP contribution in [0, 0.1) is 0 Å². The zero-order valence-corrected chi connectivity index (χ0v) is 39.9. The molecule has 0 aliphatic carbocycles. The summed E-state index contributed by atoms with van der Waals surface area (Å²) >= 11 is 0. The highest BCUT2D eigenvalue weighted by Crippen LogP contribution is 2.51. The lowest BCUT2D eigenvalue weighted by atomic mass is 9.31. The largest absolute Gasteiger partial charge is 0.458 e. The van der Waals surface area contributed by atoms with E-state index in [1.807, 2.05) is 0 Å². The predicted octanol–water partition coefficient (Wildman–Crippen LogP) is 12.7. The van der Waals surface area contributed by atoms with Crippen LogP contribution in [-0.2, 0) is 0 Å². The molecule has 0 unspecified atom stereocenters. The molecule has 13 aromatic rings. The quantitative estimate of drug-likeness (QED) is 0.165. The van der Waals surface area contributed by atoms with Gasteiger partial charge in [0.05, 0.1) is 33.4 Å². The van der Waals surface area contributed by atoms with Gasteiger partial charge < -0.3 is 28.4 Å². The Morgan fingerprint density at radius 3 is 1.08 bits per heavy atom. The summed E-state index contributed by atoms with van der Waals surface area (Å²) in [6, 6.07) is 88.0. The van der Waals surface area contributed by atoms with Crippen LogP contribution in [0.25, 0.3) is 55.0 Å². The van der Waals surface area contributed by atoms with Crippen LogP contribution in [0.1, 0.15) is 0 Å². The zero-order chi connectivity index (χ0) is 48.2. The molecule has 0 amide bonds. The van der Waals surface area contributed by atoms with Gasteiger partial charge in [0.15, 0.2) is 0 Å². The van der Waals surface area contributed by atoms with E-state index < -0.39 is 0 Å². The van der Waals surface area contributed by atoms with Crippen molar-refractivity contribution in [2.24, 2.45) is 0 Å². The molecule has 0 saturated heterocycles. The maximum Gasteiger partial charge on any atom is 0.256 e. The van der Waals surface area contributed by atoms with Gasteiger partial charge in [-0.2, -0.15) is 0 Å². The molecule has 8 heteroatoms. The number of fused-ring (bicyclic) bond motifs is 16. The number of anilines is 6. The fraction of sp³-hybridized carbons (Fsp3) is 0. The summed E-state index contributed by atoms with van der Waals surface area (Å²) in [6.45, 7) is -0.305. The molecule has 342 valence electrons. The standard InChI is InChI=1S/C66H40B2N4O2/c1-5-21-41(22-6-1)69-51-33-17-13-29-45(51)61-55(69)38-59-63-65(61)71(43-25-9-3-10-26-43)53-35-19-15-31-47(53)67(63)49-37-50-58(40-57(49)73-59)74-60-39-56-62(46-30-14-18-34-52(46)70(56)42-23-7-2-8-24-42)66-64(60)68(50)48-32-16-20-36-54(48)72(66)44-27-11-4-12-28-44/h1-40H. The highest BCUT2D eigenvalue weighted by atomic mass is 16.5. The third-order valence-electron chi connectivity index (χ3n) is 16.1. The molecular weight excluding hydrogens is 902 g/mol. The van der Waals surface area contributed by atoms with E-state index in [-0.39, 0.29) is 13.4 Å². The second kappa shape index (κ2) is 14.9. The molecule has 4 aliphatic rings. The molecule has 0 atom stereocenters. The summed E-state index contributed by atoms with van der Waals surface area (Å²) in [5, 5.41) is 4.77. The van der Waals surface area contributed by atoms with Crippen LogP contribution in [0.15, 0.2) is 243 Å². The first-order valence-corrected chi connectivity index (χ1v) is 25.5. The maximum absolute atomic E-state index is 7.48. The van der Waals surface area contributed by atoms with Crippen LogP contribution in [0.5, 0.6) is 23.0 Å². The fourth-order valence-electron chi connectivity index (χ4n) is 13.3. The monoisotopic (exact) mass is 942 g/mol. The molecule has 4 aliphatic heterocycles. The number of hydrogen-bond acceptors (Lipinski definition) is 4. The first kappa shape index (κ1) is 40.0. The molecule has 0 N–H and O–H groups in total. The minimum absolute atomic E-state index is 0.153. The molecule has 0 spiro atoms. The van der Waals surface area contributed by atoms with Crippen LogP contribution in [0.2, 0.25) is 0 Å². The van der Waals surface area contributed by atoms with Crippen LogP contribution in [-0.4, -0.2) is 22.6 Å². The molecule has 0 bridgehead atoms. The zero-order valence-electron chi connectivity index (χ0n) is 39.9. The Balaban J connectivity index is 0.970. The third kappa shape index (κ3) is 5.30. The molecule has 0 radical (unpaired) electrons. The molecule has 6 nitrogen and oxygen atoms in total. The first-order chi connectivity index (χ1) is 36.8. The van der Waals surface area contributed by atoms with E-state index in [2.05, 4.69) is 262 Å². The second-order valence-corrected chi connectivity index (χ2v) is 19.9. The number of benzene rings is 11. The number of nitrogens with zero attached hydrogens (tertiary/aromatic N) is 4. The van der Waals surface area contributed by atoms with Crippen molar-refractivity contribution in [2.45, 2.75) is 0 Å². The van der Waals surface area contributed by atoms with Gasteiger partial charge in [-0.25, -0.2) is 0 Å². The lowest BCUT2D eigenvalue weighted by Crippen LogP contribution is -2.63. The van der Waals surface area contributed by atoms with Gasteiger partial charge in [-0.1, -0.05) is 152 Å². The van der Waals surface area contributed by atoms with Gasteiger partial charge in [0.25, 0.3) is 13.4 Å². The highest BCUT2D eigenvalue weighted by Gasteiger charge is 2.48. The lowest BCUT2D eigenvalue weighted by molar-refractivity contribution is 0.466. The third-order valence-corrected chi connectivity index (χ3v) is 16.1. The topological polar surface area (TPSA) is 34.8 Å². The Morgan fingerprint density at radius 1 is 0.284 bits per heavy atom. The molecule has 74 heavy (non-hydrogen) atoms. The fourth-order valence-corrected chi connectivity index (χ4v) is 13.3. The molecule has 0 fully saturated rings. The summed E-state index contributed by atoms with van der Waals surface area (Å²) in [6.07, 6.45) is 0. The lowest BCUT2D eigenvalue weighted by Gasteiger charge is -2.42. The van der Waals surface area contributed by atoms with Crippen LogP contribution in [0.4, 0.5) is 34.1 Å². The minimum atomic E-state index is -0.153. The van der Waals surface area contributed by atoms with Crippen molar-refractivity contribution in [3.8, 4) is 34.4 Å². The van der Waals surface area contributed by atoms with Crippen molar-refractivity contribution in [1.82, 2.24) is 9.13 Å². The van der Waals surface area contributed by atoms with Crippen molar-refractivity contribution in [1.29, 1.82) is 0 Å². The predicted molar refractivity (Wildman–Crippen MR) is 307 cm³/mol. The van der Waals surface area contributed by atoms with E-state index in [0.717, 1.165) is 112 Å². The Labute approximate surface area is 427 Å². The normalized spacial score (nSPS) is 13.5.